The number of nitrogens with one attached hydrogen (secondary N) is 1. The smallest absolute Gasteiger partial charge is 0.328 e. The fraction of sp³-hybridized carbons (Fsp3) is 0.375. The number of ether oxygens (including phenoxy) is 1. The molecule has 0 aromatic heterocycles. The molecule has 21 heavy (non-hydrogen) atoms. The number of benzene rings is 1. The number of anilines is 1. The molecule has 0 spiro atoms. The number of carboxylic acids is 1. The van der Waals surface area contributed by atoms with E-state index in [4.69, 9.17) is 9.84 Å². The summed E-state index contributed by atoms with van der Waals surface area (Å²) in [5.41, 5.74) is 0.706. The molecule has 2 N–H and O–H groups in total. The second kappa shape index (κ2) is 6.92. The topological polar surface area (TPSA) is 75.6 Å². The first kappa shape index (κ1) is 16.8. The lowest BCUT2D eigenvalue weighted by Gasteiger charge is -2.22. The zero-order valence-electron chi connectivity index (χ0n) is 12.8. The van der Waals surface area contributed by atoms with Crippen molar-refractivity contribution in [2.45, 2.75) is 27.2 Å². The third kappa shape index (κ3) is 4.63. The highest BCUT2D eigenvalue weighted by molar-refractivity contribution is 5.96. The highest BCUT2D eigenvalue weighted by Crippen LogP contribution is 2.29. The van der Waals surface area contributed by atoms with Crippen LogP contribution in [0.25, 0.3) is 6.08 Å². The van der Waals surface area contributed by atoms with Gasteiger partial charge in [-0.05, 0) is 30.2 Å². The Morgan fingerprint density at radius 2 is 2.05 bits per heavy atom. The van der Waals surface area contributed by atoms with E-state index in [0.717, 1.165) is 6.08 Å². The Bertz CT molecular complexity index is 561. The van der Waals surface area contributed by atoms with Gasteiger partial charge in [-0.1, -0.05) is 26.8 Å². The molecular weight excluding hydrogens is 270 g/mol. The Labute approximate surface area is 124 Å². The predicted octanol–water partition coefficient (Wildman–Crippen LogP) is 3.17. The van der Waals surface area contributed by atoms with Crippen molar-refractivity contribution in [2.75, 3.05) is 12.4 Å². The Morgan fingerprint density at radius 3 is 2.57 bits per heavy atom. The minimum absolute atomic E-state index is 0.109. The Morgan fingerprint density at radius 1 is 1.38 bits per heavy atom. The van der Waals surface area contributed by atoms with E-state index in [9.17, 15) is 9.59 Å². The summed E-state index contributed by atoms with van der Waals surface area (Å²) in [4.78, 5) is 22.8. The molecule has 0 heterocycles. The highest BCUT2D eigenvalue weighted by atomic mass is 16.5. The second-order valence-electron chi connectivity index (χ2n) is 5.32. The fourth-order valence-electron chi connectivity index (χ4n) is 1.55. The molecule has 0 saturated heterocycles. The van der Waals surface area contributed by atoms with Crippen LogP contribution in [0.1, 0.15) is 32.8 Å². The molecular formula is C16H21NO4. The molecule has 0 aliphatic carbocycles. The predicted molar refractivity (Wildman–Crippen MR) is 82.4 cm³/mol. The largest absolute Gasteiger partial charge is 0.495 e. The molecule has 0 saturated carbocycles. The van der Waals surface area contributed by atoms with Crippen LogP contribution in [0.2, 0.25) is 0 Å². The van der Waals surface area contributed by atoms with Gasteiger partial charge in [0.05, 0.1) is 12.8 Å². The van der Waals surface area contributed by atoms with Gasteiger partial charge >= 0.3 is 5.97 Å². The van der Waals surface area contributed by atoms with E-state index in [1.165, 1.54) is 13.2 Å². The number of carboxylic acid groups (broad SMARTS) is 1. The summed E-state index contributed by atoms with van der Waals surface area (Å²) in [6, 6.07) is 5.09. The molecule has 1 aromatic rings. The second-order valence-corrected chi connectivity index (χ2v) is 5.32. The molecule has 1 amide bonds. The van der Waals surface area contributed by atoms with Gasteiger partial charge in [-0.25, -0.2) is 4.79 Å². The van der Waals surface area contributed by atoms with Crippen LogP contribution >= 0.6 is 0 Å². The first-order valence-corrected chi connectivity index (χ1v) is 6.70. The zero-order valence-corrected chi connectivity index (χ0v) is 12.8. The van der Waals surface area contributed by atoms with Gasteiger partial charge in [-0.15, -0.1) is 0 Å². The summed E-state index contributed by atoms with van der Waals surface area (Å²) in [5, 5.41) is 11.5. The molecule has 1 rings (SSSR count). The molecule has 0 unspecified atom stereocenters. The third-order valence-corrected chi connectivity index (χ3v) is 3.39. The lowest BCUT2D eigenvalue weighted by molar-refractivity contribution is -0.131. The number of rotatable bonds is 6. The van der Waals surface area contributed by atoms with Gasteiger partial charge in [-0.2, -0.15) is 0 Å². The van der Waals surface area contributed by atoms with Crippen molar-refractivity contribution in [3.8, 4) is 5.75 Å². The summed E-state index contributed by atoms with van der Waals surface area (Å²) in [7, 11) is 1.52. The van der Waals surface area contributed by atoms with E-state index >= 15 is 0 Å². The Kier molecular flexibility index (Phi) is 5.52. The molecule has 1 aromatic carbocycles. The van der Waals surface area contributed by atoms with Crippen LogP contribution in [0.15, 0.2) is 24.3 Å². The SMILES string of the molecule is CCC(C)(C)C(=O)Nc1cc(C=CC(=O)O)ccc1OC. The summed E-state index contributed by atoms with van der Waals surface area (Å²) in [6.07, 6.45) is 3.21. The monoisotopic (exact) mass is 291 g/mol. The van der Waals surface area contributed by atoms with Gasteiger partial charge in [0.1, 0.15) is 5.75 Å². The summed E-state index contributed by atoms with van der Waals surface area (Å²) in [5.74, 6) is -0.603. The average molecular weight is 291 g/mol. The lowest BCUT2D eigenvalue weighted by atomic mass is 9.89. The first-order valence-electron chi connectivity index (χ1n) is 6.70. The minimum atomic E-state index is -1.02. The number of carbonyl (C=O) groups is 2. The van der Waals surface area contributed by atoms with E-state index in [1.807, 2.05) is 20.8 Å². The van der Waals surface area contributed by atoms with E-state index in [1.54, 1.807) is 18.2 Å². The van der Waals surface area contributed by atoms with Gasteiger partial charge in [0.15, 0.2) is 0 Å². The van der Waals surface area contributed by atoms with Crippen LogP contribution in [0.5, 0.6) is 5.75 Å². The average Bonchev–Trinajstić information content (AvgIpc) is 2.45. The van der Waals surface area contributed by atoms with Crippen LogP contribution in [0.3, 0.4) is 0 Å². The van der Waals surface area contributed by atoms with E-state index in [-0.39, 0.29) is 5.91 Å². The molecule has 5 nitrogen and oxygen atoms in total. The lowest BCUT2D eigenvalue weighted by Crippen LogP contribution is -2.30. The van der Waals surface area contributed by atoms with Crippen molar-refractivity contribution in [3.05, 3.63) is 29.8 Å². The molecule has 0 bridgehead atoms. The van der Waals surface area contributed by atoms with Crippen LogP contribution < -0.4 is 10.1 Å². The molecule has 114 valence electrons. The number of amides is 1. The standard InChI is InChI=1S/C16H21NO4/c1-5-16(2,3)15(20)17-12-10-11(7-9-14(18)19)6-8-13(12)21-4/h6-10H,5H2,1-4H3,(H,17,20)(H,18,19). The van der Waals surface area contributed by atoms with Gasteiger partial charge in [0.25, 0.3) is 0 Å². The summed E-state index contributed by atoms with van der Waals surface area (Å²) in [6.45, 7) is 5.68. The molecule has 0 aliphatic heterocycles. The van der Waals surface area contributed by atoms with E-state index in [0.29, 0.717) is 23.4 Å². The van der Waals surface area contributed by atoms with Gasteiger partial charge < -0.3 is 15.2 Å². The van der Waals surface area contributed by atoms with Crippen molar-refractivity contribution >= 4 is 23.6 Å². The van der Waals surface area contributed by atoms with E-state index < -0.39 is 11.4 Å². The van der Waals surface area contributed by atoms with Crippen LogP contribution in [-0.4, -0.2) is 24.1 Å². The maximum absolute atomic E-state index is 12.2. The molecule has 5 heteroatoms. The number of hydrogen-bond acceptors (Lipinski definition) is 3. The number of aliphatic carboxylic acids is 1. The van der Waals surface area contributed by atoms with Crippen molar-refractivity contribution in [2.24, 2.45) is 5.41 Å². The Hall–Kier alpha value is -2.30. The van der Waals surface area contributed by atoms with Crippen molar-refractivity contribution < 1.29 is 19.4 Å². The first-order chi connectivity index (χ1) is 9.80. The van der Waals surface area contributed by atoms with Crippen molar-refractivity contribution in [1.29, 1.82) is 0 Å². The number of carbonyl (C=O) groups excluding carboxylic acids is 1. The number of hydrogen-bond donors (Lipinski definition) is 2. The molecule has 0 fully saturated rings. The van der Waals surface area contributed by atoms with Crippen LogP contribution in [-0.2, 0) is 9.59 Å². The summed E-state index contributed by atoms with van der Waals surface area (Å²) >= 11 is 0. The summed E-state index contributed by atoms with van der Waals surface area (Å²) < 4.78 is 5.22. The zero-order chi connectivity index (χ0) is 16.0. The minimum Gasteiger partial charge on any atom is -0.495 e. The Balaban J connectivity index is 3.06. The van der Waals surface area contributed by atoms with Gasteiger partial charge in [0, 0.05) is 11.5 Å². The quantitative estimate of drug-likeness (QED) is 0.789. The normalized spacial score (nSPS) is 11.4. The molecule has 0 aliphatic rings. The van der Waals surface area contributed by atoms with Gasteiger partial charge in [-0.3, -0.25) is 4.79 Å². The van der Waals surface area contributed by atoms with Crippen LogP contribution in [0, 0.1) is 5.41 Å². The maximum atomic E-state index is 12.2. The highest BCUT2D eigenvalue weighted by Gasteiger charge is 2.26. The fourth-order valence-corrected chi connectivity index (χ4v) is 1.55. The molecule has 0 atom stereocenters. The molecule has 0 radical (unpaired) electrons. The van der Waals surface area contributed by atoms with Crippen molar-refractivity contribution in [1.82, 2.24) is 0 Å². The number of methoxy groups -OCH3 is 1. The van der Waals surface area contributed by atoms with Crippen LogP contribution in [0.4, 0.5) is 5.69 Å². The maximum Gasteiger partial charge on any atom is 0.328 e. The van der Waals surface area contributed by atoms with Crippen molar-refractivity contribution in [3.63, 3.8) is 0 Å². The third-order valence-electron chi connectivity index (χ3n) is 3.39. The van der Waals surface area contributed by atoms with E-state index in [2.05, 4.69) is 5.32 Å². The van der Waals surface area contributed by atoms with Gasteiger partial charge in [0.2, 0.25) is 5.91 Å².